The Bertz CT molecular complexity index is 706. The van der Waals surface area contributed by atoms with Gasteiger partial charge in [0.15, 0.2) is 5.96 Å². The predicted molar refractivity (Wildman–Crippen MR) is 128 cm³/mol. The molecule has 2 aromatic rings. The predicted octanol–water partition coefficient (Wildman–Crippen LogP) is 4.35. The first-order valence-corrected chi connectivity index (χ1v) is 11.7. The second-order valence-electron chi connectivity index (χ2n) is 7.89. The zero-order valence-corrected chi connectivity index (χ0v) is 18.8. The first kappa shape index (κ1) is 23.3. The average molecular weight is 424 g/mol. The molecule has 0 radical (unpaired) electrons. The van der Waals surface area contributed by atoms with Gasteiger partial charge in [-0.25, -0.2) is 0 Å². The van der Waals surface area contributed by atoms with Crippen molar-refractivity contribution < 1.29 is 9.47 Å². The van der Waals surface area contributed by atoms with E-state index < -0.39 is 0 Å². The van der Waals surface area contributed by atoms with Crippen molar-refractivity contribution >= 4 is 5.96 Å². The average Bonchev–Trinajstić information content (AvgIpc) is 2.83. The molecule has 3 rings (SSSR count). The molecule has 168 valence electrons. The summed E-state index contributed by atoms with van der Waals surface area (Å²) in [4.78, 5) is 4.73. The Kier molecular flexibility index (Phi) is 10.4. The molecule has 0 aliphatic carbocycles. The smallest absolute Gasteiger partial charge is 0.191 e. The molecule has 0 unspecified atom stereocenters. The van der Waals surface area contributed by atoms with E-state index in [1.54, 1.807) is 0 Å². The fraction of sp³-hybridized carbons (Fsp3) is 0.500. The number of hydrogen-bond acceptors (Lipinski definition) is 3. The summed E-state index contributed by atoms with van der Waals surface area (Å²) in [5.74, 6) is 1.25. The number of rotatable bonds is 11. The number of hydrogen-bond donors (Lipinski definition) is 2. The van der Waals surface area contributed by atoms with Gasteiger partial charge in [0.1, 0.15) is 0 Å². The van der Waals surface area contributed by atoms with E-state index in [-0.39, 0.29) is 0 Å². The second kappa shape index (κ2) is 13.8. The van der Waals surface area contributed by atoms with Crippen LogP contribution >= 0.6 is 0 Å². The summed E-state index contributed by atoms with van der Waals surface area (Å²) in [6.07, 6.45) is 4.32. The summed E-state index contributed by atoms with van der Waals surface area (Å²) in [6, 6.07) is 21.5. The Labute approximate surface area is 187 Å². The minimum atomic E-state index is 0.358. The molecule has 2 aromatic carbocycles. The van der Waals surface area contributed by atoms with E-state index in [4.69, 9.17) is 14.5 Å². The van der Waals surface area contributed by atoms with Crippen molar-refractivity contribution in [3.63, 3.8) is 0 Å². The summed E-state index contributed by atoms with van der Waals surface area (Å²) >= 11 is 0. The van der Waals surface area contributed by atoms with Gasteiger partial charge in [-0.15, -0.1) is 0 Å². The monoisotopic (exact) mass is 423 g/mol. The quantitative estimate of drug-likeness (QED) is 0.321. The zero-order chi connectivity index (χ0) is 21.6. The maximum Gasteiger partial charge on any atom is 0.191 e. The Morgan fingerprint density at radius 2 is 1.65 bits per heavy atom. The molecule has 0 bridgehead atoms. The van der Waals surface area contributed by atoms with Crippen LogP contribution in [0.1, 0.15) is 49.7 Å². The van der Waals surface area contributed by atoms with Crippen LogP contribution in [0.3, 0.4) is 0 Å². The first-order chi connectivity index (χ1) is 15.4. The van der Waals surface area contributed by atoms with E-state index in [1.807, 2.05) is 0 Å². The minimum absolute atomic E-state index is 0.358. The highest BCUT2D eigenvalue weighted by Crippen LogP contribution is 2.27. The van der Waals surface area contributed by atoms with Crippen LogP contribution in [0.25, 0.3) is 0 Å². The van der Waals surface area contributed by atoms with E-state index in [1.165, 1.54) is 11.1 Å². The molecule has 31 heavy (non-hydrogen) atoms. The molecule has 0 aromatic heterocycles. The Hall–Kier alpha value is -2.37. The van der Waals surface area contributed by atoms with Crippen molar-refractivity contribution in [1.82, 2.24) is 10.6 Å². The van der Waals surface area contributed by atoms with Crippen molar-refractivity contribution in [3.05, 3.63) is 71.8 Å². The van der Waals surface area contributed by atoms with Gasteiger partial charge in [-0.3, -0.25) is 4.99 Å². The Morgan fingerprint density at radius 1 is 1.00 bits per heavy atom. The van der Waals surface area contributed by atoms with E-state index in [0.29, 0.717) is 12.0 Å². The summed E-state index contributed by atoms with van der Waals surface area (Å²) in [6.45, 7) is 6.98. The lowest BCUT2D eigenvalue weighted by Crippen LogP contribution is -2.38. The fourth-order valence-electron chi connectivity index (χ4n) is 3.92. The van der Waals surface area contributed by atoms with Crippen molar-refractivity contribution in [2.24, 2.45) is 4.99 Å². The van der Waals surface area contributed by atoms with Gasteiger partial charge in [0.2, 0.25) is 0 Å². The van der Waals surface area contributed by atoms with Gasteiger partial charge >= 0.3 is 0 Å². The van der Waals surface area contributed by atoms with Crippen LogP contribution in [0.15, 0.2) is 65.7 Å². The number of guanidine groups is 1. The largest absolute Gasteiger partial charge is 0.381 e. The van der Waals surface area contributed by atoms with Crippen LogP contribution in [-0.2, 0) is 9.47 Å². The van der Waals surface area contributed by atoms with Gasteiger partial charge in [-0.1, -0.05) is 60.7 Å². The molecule has 0 saturated carbocycles. The maximum absolute atomic E-state index is 5.95. The molecule has 1 saturated heterocycles. The van der Waals surface area contributed by atoms with Gasteiger partial charge < -0.3 is 20.1 Å². The van der Waals surface area contributed by atoms with Crippen molar-refractivity contribution in [2.45, 2.75) is 44.6 Å². The highest BCUT2D eigenvalue weighted by Gasteiger charge is 2.14. The SMILES string of the molecule is CCNC(=NCCCOC1CCOCC1)NCCC(c1ccccc1)c1ccccc1. The van der Waals surface area contributed by atoms with Gasteiger partial charge in [-0.05, 0) is 43.7 Å². The number of nitrogens with one attached hydrogen (secondary N) is 2. The number of nitrogens with zero attached hydrogens (tertiary/aromatic N) is 1. The van der Waals surface area contributed by atoms with Crippen LogP contribution in [0.2, 0.25) is 0 Å². The third kappa shape index (κ3) is 8.35. The molecule has 5 nitrogen and oxygen atoms in total. The molecule has 5 heteroatoms. The highest BCUT2D eigenvalue weighted by atomic mass is 16.5. The van der Waals surface area contributed by atoms with Gasteiger partial charge in [-0.2, -0.15) is 0 Å². The number of ether oxygens (including phenoxy) is 2. The molecular formula is C26H37N3O2. The van der Waals surface area contributed by atoms with Gasteiger partial charge in [0.25, 0.3) is 0 Å². The molecule has 0 amide bonds. The van der Waals surface area contributed by atoms with Crippen LogP contribution in [0, 0.1) is 0 Å². The molecule has 1 aliphatic heterocycles. The van der Waals surface area contributed by atoms with Crippen LogP contribution in [0.5, 0.6) is 0 Å². The summed E-state index contributed by atoms with van der Waals surface area (Å²) in [5.41, 5.74) is 2.70. The molecule has 1 aliphatic rings. The van der Waals surface area contributed by atoms with Gasteiger partial charge in [0.05, 0.1) is 6.10 Å². The van der Waals surface area contributed by atoms with E-state index in [9.17, 15) is 0 Å². The lowest BCUT2D eigenvalue weighted by molar-refractivity contribution is -0.0318. The molecular weight excluding hydrogens is 386 g/mol. The normalized spacial score (nSPS) is 15.2. The summed E-state index contributed by atoms with van der Waals surface area (Å²) in [5, 5.41) is 6.87. The lowest BCUT2D eigenvalue weighted by Gasteiger charge is -2.22. The standard InChI is InChI=1S/C26H37N3O2/c1-2-27-26(28-17-9-19-31-24-15-20-30-21-16-24)29-18-14-25(22-10-5-3-6-11-22)23-12-7-4-8-13-23/h3-8,10-13,24-25H,2,9,14-21H2,1H3,(H2,27,28,29). The zero-order valence-electron chi connectivity index (χ0n) is 18.8. The van der Waals surface area contributed by atoms with Crippen molar-refractivity contribution in [1.29, 1.82) is 0 Å². The first-order valence-electron chi connectivity index (χ1n) is 11.7. The molecule has 1 heterocycles. The van der Waals surface area contributed by atoms with Crippen LogP contribution in [-0.4, -0.2) is 51.5 Å². The highest BCUT2D eigenvalue weighted by molar-refractivity contribution is 5.79. The molecule has 2 N–H and O–H groups in total. The van der Waals surface area contributed by atoms with Crippen LogP contribution in [0.4, 0.5) is 0 Å². The summed E-state index contributed by atoms with van der Waals surface area (Å²) < 4.78 is 11.3. The number of benzene rings is 2. The molecule has 0 spiro atoms. The minimum Gasteiger partial charge on any atom is -0.381 e. The third-order valence-electron chi connectivity index (χ3n) is 5.57. The van der Waals surface area contributed by atoms with E-state index >= 15 is 0 Å². The van der Waals surface area contributed by atoms with E-state index in [0.717, 1.165) is 71.1 Å². The maximum atomic E-state index is 5.95. The Morgan fingerprint density at radius 3 is 2.26 bits per heavy atom. The topological polar surface area (TPSA) is 54.9 Å². The lowest BCUT2D eigenvalue weighted by atomic mass is 9.88. The molecule has 1 fully saturated rings. The Balaban J connectivity index is 1.46. The molecule has 0 atom stereocenters. The summed E-state index contributed by atoms with van der Waals surface area (Å²) in [7, 11) is 0. The number of aliphatic imine (C=N–C) groups is 1. The second-order valence-corrected chi connectivity index (χ2v) is 7.89. The van der Waals surface area contributed by atoms with Gasteiger partial charge in [0, 0.05) is 45.4 Å². The van der Waals surface area contributed by atoms with Crippen molar-refractivity contribution in [3.8, 4) is 0 Å². The van der Waals surface area contributed by atoms with E-state index in [2.05, 4.69) is 78.2 Å². The van der Waals surface area contributed by atoms with Crippen LogP contribution < -0.4 is 10.6 Å². The third-order valence-corrected chi connectivity index (χ3v) is 5.57. The fourth-order valence-corrected chi connectivity index (χ4v) is 3.92. The van der Waals surface area contributed by atoms with Crippen molar-refractivity contribution in [2.75, 3.05) is 39.5 Å².